The molecule has 25 heavy (non-hydrogen) atoms. The van der Waals surface area contributed by atoms with Crippen LogP contribution >= 0.6 is 0 Å². The van der Waals surface area contributed by atoms with Crippen LogP contribution in [0.2, 0.25) is 0 Å². The summed E-state index contributed by atoms with van der Waals surface area (Å²) in [6.07, 6.45) is 6.25. The van der Waals surface area contributed by atoms with E-state index in [-0.39, 0.29) is 6.61 Å². The van der Waals surface area contributed by atoms with Crippen LogP contribution in [0.1, 0.15) is 43.7 Å². The first-order chi connectivity index (χ1) is 12.1. The van der Waals surface area contributed by atoms with E-state index in [0.29, 0.717) is 0 Å². The van der Waals surface area contributed by atoms with E-state index in [1.54, 1.807) is 0 Å². The van der Waals surface area contributed by atoms with Crippen molar-refractivity contribution in [3.63, 3.8) is 0 Å². The summed E-state index contributed by atoms with van der Waals surface area (Å²) in [7, 11) is 0. The summed E-state index contributed by atoms with van der Waals surface area (Å²) in [5.74, 6) is 0.921. The molecule has 0 amide bonds. The minimum absolute atomic E-state index is 0.0124. The van der Waals surface area contributed by atoms with Gasteiger partial charge in [0, 0.05) is 5.54 Å². The van der Waals surface area contributed by atoms with Crippen molar-refractivity contribution >= 4 is 0 Å². The van der Waals surface area contributed by atoms with Crippen molar-refractivity contribution in [3.05, 3.63) is 65.7 Å². The number of hydrogen-bond donors (Lipinski definition) is 2. The summed E-state index contributed by atoms with van der Waals surface area (Å²) < 4.78 is 5.82. The molecule has 3 N–H and O–H groups in total. The van der Waals surface area contributed by atoms with Gasteiger partial charge in [0.15, 0.2) is 0 Å². The van der Waals surface area contributed by atoms with Gasteiger partial charge in [-0.1, -0.05) is 42.5 Å². The van der Waals surface area contributed by atoms with Crippen LogP contribution in [0, 0.1) is 0 Å². The topological polar surface area (TPSA) is 55.5 Å². The summed E-state index contributed by atoms with van der Waals surface area (Å²) in [5.41, 5.74) is 8.09. The molecule has 136 valence electrons. The van der Waals surface area contributed by atoms with Crippen LogP contribution in [0.4, 0.5) is 0 Å². The van der Waals surface area contributed by atoms with Gasteiger partial charge in [0.05, 0.1) is 13.2 Å². The Morgan fingerprint density at radius 1 is 0.880 bits per heavy atom. The average molecular weight is 341 g/mol. The molecule has 0 fully saturated rings. The second kappa shape index (κ2) is 10.2. The van der Waals surface area contributed by atoms with Gasteiger partial charge in [-0.2, -0.15) is 0 Å². The molecular formula is C22H31NO2. The molecule has 0 radical (unpaired) electrons. The lowest BCUT2D eigenvalue weighted by atomic mass is 9.95. The standard InChI is InChI=1S/C22H31NO2/c1-22(23,18-24)16-15-20-11-13-21(14-12-20)25-17-7-3-6-10-19-8-4-2-5-9-19/h2,4-5,8-9,11-14,24H,3,6-7,10,15-18,23H2,1H3. The van der Waals surface area contributed by atoms with Crippen LogP contribution in [0.3, 0.4) is 0 Å². The summed E-state index contributed by atoms with van der Waals surface area (Å²) in [5, 5.41) is 9.19. The Morgan fingerprint density at radius 3 is 2.24 bits per heavy atom. The van der Waals surface area contributed by atoms with Crippen molar-refractivity contribution < 1.29 is 9.84 Å². The second-order valence-corrected chi connectivity index (χ2v) is 7.10. The Balaban J connectivity index is 1.60. The maximum absolute atomic E-state index is 9.19. The normalized spacial score (nSPS) is 13.4. The van der Waals surface area contributed by atoms with E-state index in [1.807, 2.05) is 19.1 Å². The first kappa shape index (κ1) is 19.5. The lowest BCUT2D eigenvalue weighted by Gasteiger charge is -2.21. The van der Waals surface area contributed by atoms with Crippen LogP contribution < -0.4 is 10.5 Å². The molecule has 3 nitrogen and oxygen atoms in total. The van der Waals surface area contributed by atoms with Crippen LogP contribution in [-0.4, -0.2) is 23.9 Å². The largest absolute Gasteiger partial charge is 0.494 e. The lowest BCUT2D eigenvalue weighted by molar-refractivity contribution is 0.200. The van der Waals surface area contributed by atoms with E-state index >= 15 is 0 Å². The van der Waals surface area contributed by atoms with E-state index in [9.17, 15) is 5.11 Å². The molecule has 0 saturated carbocycles. The van der Waals surface area contributed by atoms with Gasteiger partial charge in [0.1, 0.15) is 5.75 Å². The average Bonchev–Trinajstić information content (AvgIpc) is 2.65. The third kappa shape index (κ3) is 7.72. The van der Waals surface area contributed by atoms with Crippen molar-refractivity contribution in [3.8, 4) is 5.75 Å². The number of aliphatic hydroxyl groups is 1. The fourth-order valence-electron chi connectivity index (χ4n) is 2.70. The number of aliphatic hydroxyl groups excluding tert-OH is 1. The molecule has 3 heteroatoms. The van der Waals surface area contributed by atoms with Gasteiger partial charge in [-0.25, -0.2) is 0 Å². The summed E-state index contributed by atoms with van der Waals surface area (Å²) in [4.78, 5) is 0. The number of nitrogens with two attached hydrogens (primary N) is 1. The zero-order valence-corrected chi connectivity index (χ0v) is 15.3. The van der Waals surface area contributed by atoms with Crippen molar-refractivity contribution in [2.75, 3.05) is 13.2 Å². The van der Waals surface area contributed by atoms with Crippen molar-refractivity contribution in [2.24, 2.45) is 5.73 Å². The maximum Gasteiger partial charge on any atom is 0.119 e. The van der Waals surface area contributed by atoms with E-state index < -0.39 is 5.54 Å². The molecule has 0 aliphatic rings. The fraction of sp³-hybridized carbons (Fsp3) is 0.455. The maximum atomic E-state index is 9.19. The Hall–Kier alpha value is -1.84. The molecule has 0 aliphatic carbocycles. The molecule has 0 heterocycles. The van der Waals surface area contributed by atoms with Gasteiger partial charge in [-0.15, -0.1) is 0 Å². The third-order valence-corrected chi connectivity index (χ3v) is 4.49. The molecule has 0 saturated heterocycles. The number of ether oxygens (including phenoxy) is 1. The second-order valence-electron chi connectivity index (χ2n) is 7.10. The van der Waals surface area contributed by atoms with Gasteiger partial charge >= 0.3 is 0 Å². The third-order valence-electron chi connectivity index (χ3n) is 4.49. The summed E-state index contributed by atoms with van der Waals surface area (Å²) in [6.45, 7) is 2.65. The fourth-order valence-corrected chi connectivity index (χ4v) is 2.70. The highest BCUT2D eigenvalue weighted by Crippen LogP contribution is 2.16. The number of benzene rings is 2. The first-order valence-corrected chi connectivity index (χ1v) is 9.24. The minimum Gasteiger partial charge on any atom is -0.494 e. The Bertz CT molecular complexity index is 593. The molecule has 0 aliphatic heterocycles. The first-order valence-electron chi connectivity index (χ1n) is 9.24. The van der Waals surface area contributed by atoms with Gasteiger partial charge in [-0.05, 0) is 68.7 Å². The Kier molecular flexibility index (Phi) is 7.96. The highest BCUT2D eigenvalue weighted by molar-refractivity contribution is 5.27. The molecule has 2 aromatic carbocycles. The van der Waals surface area contributed by atoms with Crippen molar-refractivity contribution in [2.45, 2.75) is 51.0 Å². The number of hydrogen-bond acceptors (Lipinski definition) is 3. The quantitative estimate of drug-likeness (QED) is 0.605. The Labute approximate surface area is 151 Å². The smallest absolute Gasteiger partial charge is 0.119 e. The molecule has 2 rings (SSSR count). The lowest BCUT2D eigenvalue weighted by Crippen LogP contribution is -2.40. The van der Waals surface area contributed by atoms with E-state index in [2.05, 4.69) is 42.5 Å². The van der Waals surface area contributed by atoms with Gasteiger partial charge < -0.3 is 15.6 Å². The molecule has 0 aromatic heterocycles. The predicted molar refractivity (Wildman–Crippen MR) is 104 cm³/mol. The minimum atomic E-state index is -0.505. The summed E-state index contributed by atoms with van der Waals surface area (Å²) in [6, 6.07) is 18.8. The van der Waals surface area contributed by atoms with E-state index in [0.717, 1.165) is 38.0 Å². The van der Waals surface area contributed by atoms with Crippen LogP contribution in [0.25, 0.3) is 0 Å². The van der Waals surface area contributed by atoms with E-state index in [1.165, 1.54) is 24.0 Å². The molecule has 0 bridgehead atoms. The van der Waals surface area contributed by atoms with Crippen molar-refractivity contribution in [1.82, 2.24) is 0 Å². The van der Waals surface area contributed by atoms with Gasteiger partial charge in [0.2, 0.25) is 0 Å². The monoisotopic (exact) mass is 341 g/mol. The molecular weight excluding hydrogens is 310 g/mol. The molecule has 2 aromatic rings. The van der Waals surface area contributed by atoms with Gasteiger partial charge in [0.25, 0.3) is 0 Å². The van der Waals surface area contributed by atoms with Gasteiger partial charge in [-0.3, -0.25) is 0 Å². The number of aryl methyl sites for hydroxylation is 2. The zero-order valence-electron chi connectivity index (χ0n) is 15.3. The van der Waals surface area contributed by atoms with Crippen molar-refractivity contribution in [1.29, 1.82) is 0 Å². The Morgan fingerprint density at radius 2 is 1.56 bits per heavy atom. The summed E-state index contributed by atoms with van der Waals surface area (Å²) >= 11 is 0. The van der Waals surface area contributed by atoms with Crippen LogP contribution in [-0.2, 0) is 12.8 Å². The number of unbranched alkanes of at least 4 members (excludes halogenated alkanes) is 2. The number of rotatable bonds is 11. The zero-order chi connectivity index (χ0) is 18.0. The van der Waals surface area contributed by atoms with Crippen LogP contribution in [0.5, 0.6) is 5.75 Å². The highest BCUT2D eigenvalue weighted by atomic mass is 16.5. The highest BCUT2D eigenvalue weighted by Gasteiger charge is 2.16. The molecule has 0 spiro atoms. The SMILES string of the molecule is CC(N)(CO)CCc1ccc(OCCCCCc2ccccc2)cc1. The molecule has 1 atom stereocenters. The molecule has 1 unspecified atom stereocenters. The van der Waals surface area contributed by atoms with E-state index in [4.69, 9.17) is 10.5 Å². The predicted octanol–water partition coefficient (Wildman–Crippen LogP) is 4.12. The van der Waals surface area contributed by atoms with Crippen LogP contribution in [0.15, 0.2) is 54.6 Å².